The van der Waals surface area contributed by atoms with Gasteiger partial charge in [0.25, 0.3) is 0 Å². The van der Waals surface area contributed by atoms with E-state index in [1.165, 1.54) is 10.3 Å². The lowest BCUT2D eigenvalue weighted by atomic mass is 10.1. The van der Waals surface area contributed by atoms with E-state index in [1.54, 1.807) is 6.07 Å². The number of hydrogen-bond donors (Lipinski definition) is 1. The van der Waals surface area contributed by atoms with Crippen molar-refractivity contribution in [3.8, 4) is 5.75 Å². The molecular formula is C12H13OS+. The van der Waals surface area contributed by atoms with Gasteiger partial charge < -0.3 is 5.11 Å². The molecule has 0 saturated heterocycles. The first-order valence-electron chi connectivity index (χ1n) is 4.48. The minimum absolute atomic E-state index is 0.227. The first-order valence-corrected chi connectivity index (χ1v) is 6.52. The summed E-state index contributed by atoms with van der Waals surface area (Å²) in [5, 5.41) is 11.8. The maximum atomic E-state index is 9.68. The van der Waals surface area contributed by atoms with Crippen LogP contribution in [0.25, 0.3) is 10.8 Å². The van der Waals surface area contributed by atoms with E-state index in [9.17, 15) is 5.11 Å². The van der Waals surface area contributed by atoms with Gasteiger partial charge in [-0.2, -0.15) is 0 Å². The summed E-state index contributed by atoms with van der Waals surface area (Å²) in [6.07, 6.45) is 4.39. The first-order chi connectivity index (χ1) is 6.70. The maximum absolute atomic E-state index is 9.68. The highest BCUT2D eigenvalue weighted by Crippen LogP contribution is 2.29. The molecule has 0 atom stereocenters. The highest BCUT2D eigenvalue weighted by atomic mass is 32.2. The molecule has 0 unspecified atom stereocenters. The molecule has 0 fully saturated rings. The minimum atomic E-state index is 0.227. The van der Waals surface area contributed by atoms with Gasteiger partial charge in [0.2, 0.25) is 0 Å². The molecule has 1 nitrogen and oxygen atoms in total. The fourth-order valence-electron chi connectivity index (χ4n) is 1.62. The second kappa shape index (κ2) is 3.54. The largest absolute Gasteiger partial charge is 0.507 e. The van der Waals surface area contributed by atoms with Gasteiger partial charge in [-0.1, -0.05) is 18.2 Å². The Bertz CT molecular complexity index is 463. The molecule has 0 aliphatic rings. The van der Waals surface area contributed by atoms with Crippen molar-refractivity contribution in [1.82, 2.24) is 0 Å². The molecule has 0 heterocycles. The highest BCUT2D eigenvalue weighted by molar-refractivity contribution is 7.95. The number of rotatable bonds is 1. The van der Waals surface area contributed by atoms with Gasteiger partial charge in [-0.15, -0.1) is 0 Å². The zero-order valence-electron chi connectivity index (χ0n) is 8.32. The molecule has 2 aromatic carbocycles. The molecular weight excluding hydrogens is 192 g/mol. The van der Waals surface area contributed by atoms with Crippen LogP contribution in [0, 0.1) is 0 Å². The van der Waals surface area contributed by atoms with Crippen molar-refractivity contribution in [3.63, 3.8) is 0 Å². The van der Waals surface area contributed by atoms with Crippen molar-refractivity contribution in [3.05, 3.63) is 36.4 Å². The second-order valence-electron chi connectivity index (χ2n) is 3.44. The monoisotopic (exact) mass is 205 g/mol. The van der Waals surface area contributed by atoms with E-state index in [0.29, 0.717) is 5.75 Å². The minimum Gasteiger partial charge on any atom is -0.507 e. The van der Waals surface area contributed by atoms with Crippen LogP contribution in [-0.4, -0.2) is 17.6 Å². The number of phenolic OH excluding ortho intramolecular Hbond substituents is 1. The van der Waals surface area contributed by atoms with Crippen molar-refractivity contribution in [2.24, 2.45) is 0 Å². The average Bonchev–Trinajstić information content (AvgIpc) is 2.17. The molecule has 0 amide bonds. The van der Waals surface area contributed by atoms with Gasteiger partial charge in [0.1, 0.15) is 18.3 Å². The molecule has 2 rings (SSSR count). The summed E-state index contributed by atoms with van der Waals surface area (Å²) < 4.78 is 0. The Morgan fingerprint density at radius 2 is 1.57 bits per heavy atom. The van der Waals surface area contributed by atoms with Crippen LogP contribution in [0.5, 0.6) is 5.75 Å². The van der Waals surface area contributed by atoms with Crippen LogP contribution >= 0.6 is 0 Å². The van der Waals surface area contributed by atoms with Crippen molar-refractivity contribution in [2.45, 2.75) is 4.90 Å². The Morgan fingerprint density at radius 3 is 2.29 bits per heavy atom. The van der Waals surface area contributed by atoms with Gasteiger partial charge in [-0.05, 0) is 18.2 Å². The lowest BCUT2D eigenvalue weighted by Gasteiger charge is -2.03. The van der Waals surface area contributed by atoms with Gasteiger partial charge in [0.05, 0.1) is 0 Å². The third-order valence-electron chi connectivity index (χ3n) is 2.30. The third kappa shape index (κ3) is 1.46. The maximum Gasteiger partial charge on any atom is 0.162 e. The molecule has 0 aliphatic heterocycles. The summed E-state index contributed by atoms with van der Waals surface area (Å²) in [5.41, 5.74) is 0. The molecule has 0 bridgehead atoms. The summed E-state index contributed by atoms with van der Waals surface area (Å²) >= 11 is 0. The van der Waals surface area contributed by atoms with Crippen molar-refractivity contribution < 1.29 is 5.11 Å². The van der Waals surface area contributed by atoms with Gasteiger partial charge in [-0.3, -0.25) is 0 Å². The van der Waals surface area contributed by atoms with Crippen molar-refractivity contribution in [1.29, 1.82) is 0 Å². The Balaban J connectivity index is 2.81. The molecule has 2 aromatic rings. The van der Waals surface area contributed by atoms with E-state index < -0.39 is 0 Å². The van der Waals surface area contributed by atoms with E-state index in [0.717, 1.165) is 5.39 Å². The zero-order chi connectivity index (χ0) is 10.1. The predicted octanol–water partition coefficient (Wildman–Crippen LogP) is 2.78. The van der Waals surface area contributed by atoms with Crippen LogP contribution in [0.3, 0.4) is 0 Å². The Kier molecular flexibility index (Phi) is 2.38. The number of fused-ring (bicyclic) bond motifs is 1. The highest BCUT2D eigenvalue weighted by Gasteiger charge is 2.13. The quantitative estimate of drug-likeness (QED) is 0.710. The summed E-state index contributed by atoms with van der Waals surface area (Å²) in [4.78, 5) is 1.32. The van der Waals surface area contributed by atoms with Crippen LogP contribution in [0.1, 0.15) is 0 Å². The Labute approximate surface area is 86.7 Å². The molecule has 72 valence electrons. The van der Waals surface area contributed by atoms with Crippen molar-refractivity contribution in [2.75, 3.05) is 12.5 Å². The van der Waals surface area contributed by atoms with E-state index >= 15 is 0 Å². The fraction of sp³-hybridized carbons (Fsp3) is 0.167. The number of hydrogen-bond acceptors (Lipinski definition) is 1. The molecule has 2 heteroatoms. The molecule has 0 aromatic heterocycles. The molecule has 14 heavy (non-hydrogen) atoms. The van der Waals surface area contributed by atoms with Crippen LogP contribution in [-0.2, 0) is 10.9 Å². The molecule has 0 radical (unpaired) electrons. The van der Waals surface area contributed by atoms with Gasteiger partial charge in [-0.25, -0.2) is 0 Å². The van der Waals surface area contributed by atoms with Crippen LogP contribution in [0.4, 0.5) is 0 Å². The average molecular weight is 205 g/mol. The van der Waals surface area contributed by atoms with E-state index in [1.807, 2.05) is 18.2 Å². The Hall–Kier alpha value is -1.15. The van der Waals surface area contributed by atoms with Crippen LogP contribution in [0.2, 0.25) is 0 Å². The zero-order valence-corrected chi connectivity index (χ0v) is 9.14. The van der Waals surface area contributed by atoms with E-state index in [2.05, 4.69) is 24.6 Å². The summed E-state index contributed by atoms with van der Waals surface area (Å²) in [7, 11) is 0.227. The lowest BCUT2D eigenvalue weighted by molar-refractivity contribution is 0.481. The summed E-state index contributed by atoms with van der Waals surface area (Å²) in [5.74, 6) is 0.370. The van der Waals surface area contributed by atoms with Crippen LogP contribution < -0.4 is 0 Å². The molecule has 0 spiro atoms. The SMILES string of the molecule is C[S+](C)c1cccc2c(O)cccc12. The van der Waals surface area contributed by atoms with E-state index in [-0.39, 0.29) is 10.9 Å². The molecule has 1 N–H and O–H groups in total. The van der Waals surface area contributed by atoms with Gasteiger partial charge >= 0.3 is 0 Å². The number of benzene rings is 2. The number of phenols is 1. The smallest absolute Gasteiger partial charge is 0.162 e. The molecule has 0 aliphatic carbocycles. The third-order valence-corrected chi connectivity index (χ3v) is 3.53. The van der Waals surface area contributed by atoms with Gasteiger partial charge in [0, 0.05) is 21.7 Å². The summed E-state index contributed by atoms with van der Waals surface area (Å²) in [6.45, 7) is 0. The topological polar surface area (TPSA) is 20.2 Å². The fourth-order valence-corrected chi connectivity index (χ4v) is 2.59. The predicted molar refractivity (Wildman–Crippen MR) is 63.1 cm³/mol. The second-order valence-corrected chi connectivity index (χ2v) is 5.52. The summed E-state index contributed by atoms with van der Waals surface area (Å²) in [6, 6.07) is 11.8. The Morgan fingerprint density at radius 1 is 0.929 bits per heavy atom. The van der Waals surface area contributed by atoms with Gasteiger partial charge in [0.15, 0.2) is 4.90 Å². The molecule has 0 saturated carbocycles. The first kappa shape index (κ1) is 9.41. The standard InChI is InChI=1S/C12H12OS/c1-14(2)12-8-4-5-9-10(12)6-3-7-11(9)13/h3-8H,1-2H3/p+1. The van der Waals surface area contributed by atoms with Crippen LogP contribution in [0.15, 0.2) is 41.3 Å². The normalized spacial score (nSPS) is 11.1. The van der Waals surface area contributed by atoms with Crippen molar-refractivity contribution >= 4 is 21.7 Å². The number of aromatic hydroxyl groups is 1. The van der Waals surface area contributed by atoms with E-state index in [4.69, 9.17) is 0 Å². The lowest BCUT2D eigenvalue weighted by Crippen LogP contribution is -1.96.